The standard InChI is InChI=1S/C16H27/c1-3-5-7-9-11-13-15-16-14-12-10-8-6-4-2/h1,3,5,7,15-16H,4,6,8-14H2,2H3. The van der Waals surface area contributed by atoms with Crippen molar-refractivity contribution in [2.75, 3.05) is 0 Å². The number of hydrogen-bond donors (Lipinski definition) is 0. The van der Waals surface area contributed by atoms with Gasteiger partial charge in [-0.25, -0.2) is 0 Å². The molecule has 16 heavy (non-hydrogen) atoms. The Morgan fingerprint density at radius 2 is 1.38 bits per heavy atom. The lowest BCUT2D eigenvalue weighted by Gasteiger charge is -1.96. The van der Waals surface area contributed by atoms with Gasteiger partial charge in [-0.3, -0.25) is 0 Å². The van der Waals surface area contributed by atoms with E-state index in [4.69, 9.17) is 6.58 Å². The summed E-state index contributed by atoms with van der Waals surface area (Å²) in [6, 6.07) is 0. The van der Waals surface area contributed by atoms with Crippen molar-refractivity contribution in [2.24, 2.45) is 0 Å². The zero-order chi connectivity index (χ0) is 11.9. The second-order valence-corrected chi connectivity index (χ2v) is 4.23. The molecule has 0 heterocycles. The van der Waals surface area contributed by atoms with E-state index in [1.807, 2.05) is 6.08 Å². The quantitative estimate of drug-likeness (QED) is 0.240. The normalized spacial score (nSPS) is 11.6. The molecule has 0 aromatic rings. The van der Waals surface area contributed by atoms with Gasteiger partial charge in [0, 0.05) is 0 Å². The van der Waals surface area contributed by atoms with Gasteiger partial charge in [0.2, 0.25) is 0 Å². The molecule has 0 aliphatic carbocycles. The number of unbranched alkanes of at least 4 members (excludes halogenated alkanes) is 7. The van der Waals surface area contributed by atoms with Gasteiger partial charge in [0.25, 0.3) is 0 Å². The van der Waals surface area contributed by atoms with Gasteiger partial charge in [0.05, 0.1) is 0 Å². The maximum absolute atomic E-state index is 5.23. The highest BCUT2D eigenvalue weighted by Gasteiger charge is 1.86. The Morgan fingerprint density at radius 1 is 0.750 bits per heavy atom. The molecule has 0 atom stereocenters. The minimum absolute atomic E-state index is 1.13. The maximum atomic E-state index is 5.23. The van der Waals surface area contributed by atoms with E-state index >= 15 is 0 Å². The van der Waals surface area contributed by atoms with Crippen LogP contribution in [0.1, 0.15) is 64.7 Å². The van der Waals surface area contributed by atoms with Crippen LogP contribution in [0.4, 0.5) is 0 Å². The summed E-state index contributed by atoms with van der Waals surface area (Å²) < 4.78 is 0. The minimum atomic E-state index is 1.13. The first kappa shape index (κ1) is 15.2. The molecule has 0 amide bonds. The van der Waals surface area contributed by atoms with Crippen molar-refractivity contribution in [1.82, 2.24) is 0 Å². The monoisotopic (exact) mass is 219 g/mol. The summed E-state index contributed by atoms with van der Waals surface area (Å²) >= 11 is 0. The predicted molar refractivity (Wildman–Crippen MR) is 74.4 cm³/mol. The van der Waals surface area contributed by atoms with E-state index in [0.29, 0.717) is 0 Å². The van der Waals surface area contributed by atoms with Crippen LogP contribution in [0.25, 0.3) is 0 Å². The highest BCUT2D eigenvalue weighted by Crippen LogP contribution is 2.06. The Kier molecular flexibility index (Phi) is 13.5. The number of allylic oxidation sites excluding steroid dienone is 5. The molecule has 1 radical (unpaired) electrons. The molecule has 0 N–H and O–H groups in total. The summed E-state index contributed by atoms with van der Waals surface area (Å²) in [6.07, 6.45) is 22.0. The van der Waals surface area contributed by atoms with Gasteiger partial charge in [0.15, 0.2) is 0 Å². The van der Waals surface area contributed by atoms with Crippen molar-refractivity contribution < 1.29 is 0 Å². The third kappa shape index (κ3) is 13.2. The minimum Gasteiger partial charge on any atom is -0.0885 e. The van der Waals surface area contributed by atoms with Gasteiger partial charge in [-0.2, -0.15) is 0 Å². The summed E-state index contributed by atoms with van der Waals surface area (Å²) in [5.74, 6) is 0. The fourth-order valence-corrected chi connectivity index (χ4v) is 1.63. The average Bonchev–Trinajstić information content (AvgIpc) is 2.31. The number of rotatable bonds is 11. The van der Waals surface area contributed by atoms with Crippen molar-refractivity contribution >= 4 is 0 Å². The Bertz CT molecular complexity index is 186. The lowest BCUT2D eigenvalue weighted by atomic mass is 10.1. The summed E-state index contributed by atoms with van der Waals surface area (Å²) in [6.45, 7) is 7.49. The summed E-state index contributed by atoms with van der Waals surface area (Å²) in [7, 11) is 0. The smallest absolute Gasteiger partial charge is 0.0345 e. The van der Waals surface area contributed by atoms with Gasteiger partial charge >= 0.3 is 0 Å². The molecule has 0 saturated carbocycles. The number of hydrogen-bond acceptors (Lipinski definition) is 0. The first-order valence-electron chi connectivity index (χ1n) is 6.77. The molecule has 0 aliphatic rings. The molecule has 0 aromatic carbocycles. The molecule has 0 aromatic heterocycles. The van der Waals surface area contributed by atoms with Crippen LogP contribution in [0, 0.1) is 6.58 Å². The fraction of sp³-hybridized carbons (Fsp3) is 0.625. The first-order valence-corrected chi connectivity index (χ1v) is 6.77. The molecule has 0 fully saturated rings. The molecule has 0 saturated heterocycles. The highest BCUT2D eigenvalue weighted by atomic mass is 13.9. The van der Waals surface area contributed by atoms with Crippen molar-refractivity contribution in [1.29, 1.82) is 0 Å². The van der Waals surface area contributed by atoms with E-state index in [0.717, 1.165) is 6.42 Å². The largest absolute Gasteiger partial charge is 0.0885 e. The molecular formula is C16H27. The molecule has 0 nitrogen and oxygen atoms in total. The van der Waals surface area contributed by atoms with E-state index in [1.54, 1.807) is 6.08 Å². The molecule has 0 aliphatic heterocycles. The lowest BCUT2D eigenvalue weighted by molar-refractivity contribution is 0.637. The van der Waals surface area contributed by atoms with E-state index < -0.39 is 0 Å². The summed E-state index contributed by atoms with van der Waals surface area (Å²) in [4.78, 5) is 0. The molecule has 0 rings (SSSR count). The SMILES string of the molecule is [CH]=CC=CCCCC=CCCCCCCC. The Labute approximate surface area is 102 Å². The zero-order valence-electron chi connectivity index (χ0n) is 10.8. The van der Waals surface area contributed by atoms with Crippen LogP contribution in [0.2, 0.25) is 0 Å². The highest BCUT2D eigenvalue weighted by molar-refractivity contribution is 4.95. The van der Waals surface area contributed by atoms with Crippen molar-refractivity contribution in [3.8, 4) is 0 Å². The van der Waals surface area contributed by atoms with Gasteiger partial charge in [-0.05, 0) is 32.1 Å². The molecule has 0 spiro atoms. The first-order chi connectivity index (χ1) is 7.91. The van der Waals surface area contributed by atoms with Crippen LogP contribution in [0.5, 0.6) is 0 Å². The lowest BCUT2D eigenvalue weighted by Crippen LogP contribution is -1.76. The zero-order valence-corrected chi connectivity index (χ0v) is 10.8. The van der Waals surface area contributed by atoms with Crippen LogP contribution in [0.15, 0.2) is 30.4 Å². The maximum Gasteiger partial charge on any atom is -0.0345 e. The molecule has 0 unspecified atom stereocenters. The van der Waals surface area contributed by atoms with Crippen LogP contribution in [-0.4, -0.2) is 0 Å². The van der Waals surface area contributed by atoms with Gasteiger partial charge in [-0.1, -0.05) is 69.6 Å². The van der Waals surface area contributed by atoms with Gasteiger partial charge in [0.1, 0.15) is 0 Å². The molecule has 91 valence electrons. The Balaban J connectivity index is 3.09. The average molecular weight is 219 g/mol. The van der Waals surface area contributed by atoms with Gasteiger partial charge < -0.3 is 0 Å². The van der Waals surface area contributed by atoms with Crippen LogP contribution in [-0.2, 0) is 0 Å². The van der Waals surface area contributed by atoms with E-state index in [1.165, 1.54) is 51.4 Å². The predicted octanol–water partition coefficient (Wildman–Crippen LogP) is 5.62. The van der Waals surface area contributed by atoms with Crippen LogP contribution >= 0.6 is 0 Å². The van der Waals surface area contributed by atoms with Crippen LogP contribution in [0.3, 0.4) is 0 Å². The topological polar surface area (TPSA) is 0 Å². The van der Waals surface area contributed by atoms with Crippen molar-refractivity contribution in [3.05, 3.63) is 37.0 Å². The van der Waals surface area contributed by atoms with Crippen LogP contribution < -0.4 is 0 Å². The molecular weight excluding hydrogens is 192 g/mol. The third-order valence-electron chi connectivity index (χ3n) is 2.63. The van der Waals surface area contributed by atoms with Gasteiger partial charge in [-0.15, -0.1) is 0 Å². The van der Waals surface area contributed by atoms with E-state index in [2.05, 4.69) is 25.2 Å². The summed E-state index contributed by atoms with van der Waals surface area (Å²) in [5, 5.41) is 0. The Hall–Kier alpha value is -0.780. The Morgan fingerprint density at radius 3 is 2.06 bits per heavy atom. The molecule has 0 heteroatoms. The third-order valence-corrected chi connectivity index (χ3v) is 2.63. The molecule has 0 bridgehead atoms. The van der Waals surface area contributed by atoms with E-state index in [-0.39, 0.29) is 0 Å². The second-order valence-electron chi connectivity index (χ2n) is 4.23. The van der Waals surface area contributed by atoms with Crippen molar-refractivity contribution in [2.45, 2.75) is 64.7 Å². The second kappa shape index (κ2) is 14.2. The summed E-state index contributed by atoms with van der Waals surface area (Å²) in [5.41, 5.74) is 0. The van der Waals surface area contributed by atoms with Crippen molar-refractivity contribution in [3.63, 3.8) is 0 Å². The van der Waals surface area contributed by atoms with E-state index in [9.17, 15) is 0 Å². The fourth-order valence-electron chi connectivity index (χ4n) is 1.63.